The van der Waals surface area contributed by atoms with Crippen molar-refractivity contribution in [2.75, 3.05) is 47.5 Å². The molecule has 346 valence electrons. The molecule has 64 heavy (non-hydrogen) atoms. The van der Waals surface area contributed by atoms with Crippen molar-refractivity contribution >= 4 is 71.2 Å². The molecule has 0 atom stereocenters. The number of hydrogen-bond acceptors (Lipinski definition) is 7. The molecule has 0 amide bonds. The molecule has 0 saturated carbocycles. The van der Waals surface area contributed by atoms with Gasteiger partial charge in [-0.25, -0.2) is 0 Å². The van der Waals surface area contributed by atoms with E-state index >= 15 is 0 Å². The third-order valence-electron chi connectivity index (χ3n) is 13.1. The summed E-state index contributed by atoms with van der Waals surface area (Å²) in [6.45, 7) is 15.1. The minimum absolute atomic E-state index is 0.224. The van der Waals surface area contributed by atoms with Crippen LogP contribution in [0, 0.1) is 0 Å². The average Bonchev–Trinajstić information content (AvgIpc) is 3.57. The van der Waals surface area contributed by atoms with Gasteiger partial charge in [0, 0.05) is 77.7 Å². The highest BCUT2D eigenvalue weighted by atomic mass is 35.5. The second-order valence-corrected chi connectivity index (χ2v) is 22.2. The average molecular weight is 934 g/mol. The number of rotatable bonds is 21. The summed E-state index contributed by atoms with van der Waals surface area (Å²) in [5, 5.41) is 3.21. The number of halogens is 1. The zero-order valence-corrected chi connectivity index (χ0v) is 40.9. The van der Waals surface area contributed by atoms with Crippen molar-refractivity contribution in [1.29, 1.82) is 0 Å². The van der Waals surface area contributed by atoms with Crippen LogP contribution in [-0.4, -0.2) is 79.7 Å². The number of fused-ring (bicyclic) bond motifs is 4. The molecule has 3 aromatic rings. The van der Waals surface area contributed by atoms with E-state index in [1.54, 1.807) is 6.92 Å². The van der Waals surface area contributed by atoms with Crippen LogP contribution in [0.3, 0.4) is 0 Å². The Morgan fingerprint density at radius 3 is 2.28 bits per heavy atom. The lowest BCUT2D eigenvalue weighted by atomic mass is 9.79. The third-order valence-corrected chi connectivity index (χ3v) is 15.2. The van der Waals surface area contributed by atoms with Crippen LogP contribution in [0.5, 0.6) is 0 Å². The Labute approximate surface area is 387 Å². The van der Waals surface area contributed by atoms with Gasteiger partial charge in [-0.15, -0.1) is 0 Å². The fourth-order valence-corrected chi connectivity index (χ4v) is 11.1. The van der Waals surface area contributed by atoms with E-state index in [0.717, 1.165) is 103 Å². The lowest BCUT2D eigenvalue weighted by molar-refractivity contribution is -0.438. The standard InChI is InChI=1S/C51H66ClN3O7S2/c1-7-8-30-53(31-15-34-63(57,58)59)41-25-27-44-43(36-41)50(3,4)46(54(44)33-16-35-64(60,61)62)28-23-39-19-14-20-40(49(39)52)24-29-47-51(5,6)48-42-21-12-11-18-38(42)22-26-45(48)55(47)32-13-9-10-17-37(2)56/h11-12,18,21-29,36H,7-10,13-17,19-20,30-35H2,1-6H3,(H-,57,58,59,60,61,62)/p+1. The summed E-state index contributed by atoms with van der Waals surface area (Å²) in [4.78, 5) is 16.0. The van der Waals surface area contributed by atoms with Crippen molar-refractivity contribution in [3.63, 3.8) is 0 Å². The molecule has 13 heteroatoms. The zero-order chi connectivity index (χ0) is 46.5. The Kier molecular flexibility index (Phi) is 15.9. The minimum Gasteiger partial charge on any atom is -0.371 e. The molecule has 0 bridgehead atoms. The summed E-state index contributed by atoms with van der Waals surface area (Å²) in [5.74, 6) is -0.437. The van der Waals surface area contributed by atoms with Gasteiger partial charge in [-0.3, -0.25) is 9.11 Å². The summed E-state index contributed by atoms with van der Waals surface area (Å²) in [6, 6.07) is 19.3. The van der Waals surface area contributed by atoms with E-state index in [-0.39, 0.29) is 29.1 Å². The molecule has 0 aromatic heterocycles. The quantitative estimate of drug-likeness (QED) is 0.0608. The lowest BCUT2D eigenvalue weighted by Crippen LogP contribution is -2.28. The van der Waals surface area contributed by atoms with E-state index in [9.17, 15) is 30.7 Å². The van der Waals surface area contributed by atoms with Gasteiger partial charge in [0.2, 0.25) is 5.69 Å². The van der Waals surface area contributed by atoms with Crippen molar-refractivity contribution in [2.45, 2.75) is 123 Å². The van der Waals surface area contributed by atoms with Crippen LogP contribution >= 0.6 is 11.6 Å². The van der Waals surface area contributed by atoms with E-state index in [2.05, 4.69) is 116 Å². The van der Waals surface area contributed by atoms with Crippen molar-refractivity contribution in [3.05, 3.63) is 112 Å². The van der Waals surface area contributed by atoms with Gasteiger partial charge in [-0.2, -0.15) is 21.4 Å². The summed E-state index contributed by atoms with van der Waals surface area (Å²) < 4.78 is 68.2. The normalized spacial score (nSPS) is 18.5. The van der Waals surface area contributed by atoms with Crippen LogP contribution in [0.4, 0.5) is 17.1 Å². The first kappa shape index (κ1) is 49.4. The van der Waals surface area contributed by atoms with Crippen LogP contribution in [0.15, 0.2) is 101 Å². The number of anilines is 2. The van der Waals surface area contributed by atoms with Gasteiger partial charge < -0.3 is 14.6 Å². The summed E-state index contributed by atoms with van der Waals surface area (Å²) >= 11 is 7.35. The number of unbranched alkanes of at least 4 members (excludes halogenated alkanes) is 3. The number of benzene rings is 3. The fraction of sp³-hybridized carbons (Fsp3) is 0.490. The Bertz CT molecular complexity index is 2620. The van der Waals surface area contributed by atoms with Gasteiger partial charge in [-0.1, -0.05) is 75.2 Å². The minimum atomic E-state index is -4.16. The molecule has 1 aliphatic carbocycles. The Balaban J connectivity index is 1.34. The lowest BCUT2D eigenvalue weighted by Gasteiger charge is -2.27. The number of hydrogen-bond donors (Lipinski definition) is 2. The van der Waals surface area contributed by atoms with Gasteiger partial charge in [-0.05, 0) is 130 Å². The van der Waals surface area contributed by atoms with Crippen molar-refractivity contribution < 1.29 is 35.3 Å². The predicted octanol–water partition coefficient (Wildman–Crippen LogP) is 11.4. The Morgan fingerprint density at radius 1 is 0.844 bits per heavy atom. The molecule has 0 saturated heterocycles. The highest BCUT2D eigenvalue weighted by Gasteiger charge is 2.45. The Morgan fingerprint density at radius 2 is 1.56 bits per heavy atom. The first-order valence-electron chi connectivity index (χ1n) is 23.0. The second kappa shape index (κ2) is 20.6. The second-order valence-electron chi connectivity index (χ2n) is 18.7. The fourth-order valence-electron chi connectivity index (χ4n) is 9.83. The molecule has 6 rings (SSSR count). The first-order chi connectivity index (χ1) is 30.2. The molecule has 0 radical (unpaired) electrons. The summed E-state index contributed by atoms with van der Waals surface area (Å²) in [7, 11) is -8.24. The molecule has 3 aromatic carbocycles. The highest BCUT2D eigenvalue weighted by molar-refractivity contribution is 7.86. The molecule has 2 heterocycles. The third kappa shape index (κ3) is 11.7. The molecule has 0 spiro atoms. The largest absolute Gasteiger partial charge is 0.371 e. The topological polar surface area (TPSA) is 135 Å². The molecule has 2 aliphatic heterocycles. The molecule has 0 unspecified atom stereocenters. The van der Waals surface area contributed by atoms with Crippen molar-refractivity contribution in [1.82, 2.24) is 0 Å². The van der Waals surface area contributed by atoms with Crippen LogP contribution in [0.25, 0.3) is 10.8 Å². The number of nitrogens with zero attached hydrogens (tertiary/aromatic N) is 3. The van der Waals surface area contributed by atoms with Crippen LogP contribution in [0.2, 0.25) is 0 Å². The van der Waals surface area contributed by atoms with Gasteiger partial charge in [0.25, 0.3) is 20.2 Å². The van der Waals surface area contributed by atoms with E-state index in [4.69, 9.17) is 11.6 Å². The molecule has 0 fully saturated rings. The van der Waals surface area contributed by atoms with Gasteiger partial charge in [0.15, 0.2) is 5.71 Å². The predicted molar refractivity (Wildman–Crippen MR) is 264 cm³/mol. The first-order valence-corrected chi connectivity index (χ1v) is 26.5. The van der Waals surface area contributed by atoms with Crippen molar-refractivity contribution in [2.24, 2.45) is 0 Å². The number of carbonyl (C=O) groups is 1. The number of Topliss-reactive ketones (excluding diaryl/α,β-unsaturated/α-hetero) is 1. The summed E-state index contributed by atoms with van der Waals surface area (Å²) in [5.41, 5.74) is 9.04. The van der Waals surface area contributed by atoms with E-state index < -0.39 is 25.7 Å². The smallest absolute Gasteiger partial charge is 0.264 e. The zero-order valence-electron chi connectivity index (χ0n) is 38.5. The Hall–Kier alpha value is -4.07. The van der Waals surface area contributed by atoms with Crippen LogP contribution < -0.4 is 9.80 Å². The maximum atomic E-state index is 11.8. The number of ketones is 1. The van der Waals surface area contributed by atoms with Gasteiger partial charge in [0.05, 0.1) is 16.9 Å². The van der Waals surface area contributed by atoms with Crippen LogP contribution in [-0.2, 0) is 35.9 Å². The maximum Gasteiger partial charge on any atom is 0.264 e. The summed E-state index contributed by atoms with van der Waals surface area (Å²) in [6.07, 6.45) is 17.1. The highest BCUT2D eigenvalue weighted by Crippen LogP contribution is 2.50. The van der Waals surface area contributed by atoms with Gasteiger partial charge >= 0.3 is 0 Å². The monoisotopic (exact) mass is 932 g/mol. The van der Waals surface area contributed by atoms with Crippen molar-refractivity contribution in [3.8, 4) is 0 Å². The van der Waals surface area contributed by atoms with E-state index in [1.807, 2.05) is 12.1 Å². The molecule has 3 aliphatic rings. The van der Waals surface area contributed by atoms with E-state index in [1.165, 1.54) is 27.7 Å². The molecular weight excluding hydrogens is 866 g/mol. The maximum absolute atomic E-state index is 11.8. The molecule has 10 nitrogen and oxygen atoms in total. The number of allylic oxidation sites excluding steroid dienone is 8. The molecule has 2 N–H and O–H groups in total. The SMILES string of the molecule is CCCCN(CCCS(=O)(=O)O)c1ccc2c(c1)C(C)(C)C(=CC=C1CCCC(C=CC3=[N+](CCCCCC(C)=O)c4ccc5ccccc5c4C3(C)C)=C1Cl)N2CCCS(=O)(=O)O. The van der Waals surface area contributed by atoms with Crippen LogP contribution in [0.1, 0.15) is 123 Å². The van der Waals surface area contributed by atoms with E-state index in [0.29, 0.717) is 25.9 Å². The number of carbonyl (C=O) groups excluding carboxylic acids is 1. The van der Waals surface area contributed by atoms with Gasteiger partial charge in [0.1, 0.15) is 12.3 Å². The molecular formula is C51H67ClN3O7S2+.